The van der Waals surface area contributed by atoms with Crippen LogP contribution in [-0.4, -0.2) is 44.7 Å². The summed E-state index contributed by atoms with van der Waals surface area (Å²) in [5.41, 5.74) is 6.18. The van der Waals surface area contributed by atoms with Crippen LogP contribution in [0.3, 0.4) is 0 Å². The molecule has 1 spiro atoms. The van der Waals surface area contributed by atoms with Crippen molar-refractivity contribution in [3.8, 4) is 0 Å². The van der Waals surface area contributed by atoms with Crippen LogP contribution in [0.15, 0.2) is 0 Å². The minimum Gasteiger partial charge on any atom is -0.380 e. The molecular formula is C13H25NO3. The van der Waals surface area contributed by atoms with Crippen LogP contribution in [0.5, 0.6) is 0 Å². The van der Waals surface area contributed by atoms with Crippen molar-refractivity contribution in [3.05, 3.63) is 0 Å². The first-order chi connectivity index (χ1) is 8.26. The summed E-state index contributed by atoms with van der Waals surface area (Å²) in [6, 6.07) is 0.142. The van der Waals surface area contributed by atoms with E-state index >= 15 is 0 Å². The van der Waals surface area contributed by atoms with Crippen molar-refractivity contribution in [1.29, 1.82) is 0 Å². The lowest BCUT2D eigenvalue weighted by Crippen LogP contribution is -2.47. The molecule has 2 fully saturated rings. The Morgan fingerprint density at radius 2 is 2.35 bits per heavy atom. The molecule has 0 aliphatic carbocycles. The highest BCUT2D eigenvalue weighted by Crippen LogP contribution is 2.36. The molecule has 0 amide bonds. The van der Waals surface area contributed by atoms with E-state index in [1.165, 1.54) is 0 Å². The largest absolute Gasteiger partial charge is 0.380 e. The Bertz CT molecular complexity index is 229. The van der Waals surface area contributed by atoms with E-state index in [1.807, 2.05) is 0 Å². The maximum Gasteiger partial charge on any atom is 0.0939 e. The van der Waals surface area contributed by atoms with Gasteiger partial charge in [-0.3, -0.25) is 0 Å². The highest BCUT2D eigenvalue weighted by Gasteiger charge is 2.42. The Balaban J connectivity index is 1.79. The molecule has 0 aromatic carbocycles. The fourth-order valence-electron chi connectivity index (χ4n) is 2.79. The zero-order chi connectivity index (χ0) is 12.1. The maximum atomic E-state index is 6.22. The third-order valence-corrected chi connectivity index (χ3v) is 3.86. The predicted octanol–water partition coefficient (Wildman–Crippen LogP) is 1.33. The smallest absolute Gasteiger partial charge is 0.0939 e. The van der Waals surface area contributed by atoms with Gasteiger partial charge in [0, 0.05) is 32.3 Å². The van der Waals surface area contributed by atoms with Gasteiger partial charge in [0.2, 0.25) is 0 Å². The first kappa shape index (κ1) is 13.3. The maximum absolute atomic E-state index is 6.22. The van der Waals surface area contributed by atoms with Gasteiger partial charge >= 0.3 is 0 Å². The normalized spacial score (nSPS) is 35.3. The minimum atomic E-state index is -0.0364. The van der Waals surface area contributed by atoms with Crippen molar-refractivity contribution in [2.75, 3.05) is 33.0 Å². The van der Waals surface area contributed by atoms with Crippen molar-refractivity contribution in [2.45, 2.75) is 44.2 Å². The highest BCUT2D eigenvalue weighted by atomic mass is 16.6. The fourth-order valence-corrected chi connectivity index (χ4v) is 2.79. The second-order valence-electron chi connectivity index (χ2n) is 5.33. The Hall–Kier alpha value is -0.160. The lowest BCUT2D eigenvalue weighted by atomic mass is 9.81. The van der Waals surface area contributed by atoms with Gasteiger partial charge in [-0.25, -0.2) is 0 Å². The summed E-state index contributed by atoms with van der Waals surface area (Å²) in [6.45, 7) is 5.99. The molecule has 2 saturated heterocycles. The van der Waals surface area contributed by atoms with Crippen molar-refractivity contribution in [2.24, 2.45) is 11.7 Å². The number of ether oxygens (including phenoxy) is 3. The molecule has 2 rings (SSSR count). The molecule has 0 saturated carbocycles. The van der Waals surface area contributed by atoms with Crippen molar-refractivity contribution in [1.82, 2.24) is 0 Å². The van der Waals surface area contributed by atoms with Crippen LogP contribution in [0.25, 0.3) is 0 Å². The molecule has 0 bridgehead atoms. The van der Waals surface area contributed by atoms with E-state index in [9.17, 15) is 0 Å². The van der Waals surface area contributed by atoms with Gasteiger partial charge in [-0.1, -0.05) is 6.92 Å². The number of rotatable bonds is 5. The van der Waals surface area contributed by atoms with E-state index in [1.54, 1.807) is 0 Å². The second kappa shape index (κ2) is 6.14. The molecule has 2 aliphatic rings. The van der Waals surface area contributed by atoms with Gasteiger partial charge in [0.1, 0.15) is 0 Å². The number of hydrogen-bond acceptors (Lipinski definition) is 4. The van der Waals surface area contributed by atoms with Gasteiger partial charge in [-0.05, 0) is 25.2 Å². The molecule has 0 aromatic rings. The molecule has 3 unspecified atom stereocenters. The molecule has 4 nitrogen and oxygen atoms in total. The zero-order valence-electron chi connectivity index (χ0n) is 10.8. The molecule has 2 aliphatic heterocycles. The first-order valence-corrected chi connectivity index (χ1v) is 6.81. The van der Waals surface area contributed by atoms with Crippen LogP contribution >= 0.6 is 0 Å². The standard InChI is InChI=1S/C13H25NO3/c1-2-5-15-9-12(14)11-3-6-17-13(8-11)4-7-16-10-13/h11-12H,2-10,14H2,1H3. The lowest BCUT2D eigenvalue weighted by molar-refractivity contribution is -0.104. The van der Waals surface area contributed by atoms with Crippen LogP contribution in [0, 0.1) is 5.92 Å². The van der Waals surface area contributed by atoms with E-state index in [4.69, 9.17) is 19.9 Å². The van der Waals surface area contributed by atoms with Crippen molar-refractivity contribution in [3.63, 3.8) is 0 Å². The van der Waals surface area contributed by atoms with Crippen LogP contribution in [-0.2, 0) is 14.2 Å². The van der Waals surface area contributed by atoms with Crippen LogP contribution in [0.4, 0.5) is 0 Å². The molecule has 100 valence electrons. The molecule has 2 N–H and O–H groups in total. The Morgan fingerprint density at radius 3 is 3.06 bits per heavy atom. The summed E-state index contributed by atoms with van der Waals surface area (Å²) >= 11 is 0. The van der Waals surface area contributed by atoms with E-state index in [2.05, 4.69) is 6.92 Å². The minimum absolute atomic E-state index is 0.0364. The van der Waals surface area contributed by atoms with E-state index in [-0.39, 0.29) is 11.6 Å². The summed E-state index contributed by atoms with van der Waals surface area (Å²) in [7, 11) is 0. The quantitative estimate of drug-likeness (QED) is 0.740. The average molecular weight is 243 g/mol. The molecule has 17 heavy (non-hydrogen) atoms. The predicted molar refractivity (Wildman–Crippen MR) is 65.9 cm³/mol. The number of nitrogens with two attached hydrogens (primary N) is 1. The van der Waals surface area contributed by atoms with Gasteiger partial charge in [-0.15, -0.1) is 0 Å². The molecule has 3 atom stereocenters. The topological polar surface area (TPSA) is 53.7 Å². The van der Waals surface area contributed by atoms with Crippen LogP contribution in [0.2, 0.25) is 0 Å². The molecule has 4 heteroatoms. The lowest BCUT2D eigenvalue weighted by Gasteiger charge is -2.39. The monoisotopic (exact) mass is 243 g/mol. The van der Waals surface area contributed by atoms with Gasteiger partial charge in [-0.2, -0.15) is 0 Å². The fraction of sp³-hybridized carbons (Fsp3) is 1.00. The third kappa shape index (κ3) is 3.41. The summed E-state index contributed by atoms with van der Waals surface area (Å²) in [4.78, 5) is 0. The highest BCUT2D eigenvalue weighted by molar-refractivity contribution is 4.92. The Kier molecular flexibility index (Phi) is 4.79. The SMILES string of the molecule is CCCOCC(N)C1CCOC2(CCOC2)C1. The summed E-state index contributed by atoms with van der Waals surface area (Å²) in [5, 5.41) is 0. The molecule has 2 heterocycles. The van der Waals surface area contributed by atoms with Gasteiger partial charge in [0.25, 0.3) is 0 Å². The second-order valence-corrected chi connectivity index (χ2v) is 5.33. The van der Waals surface area contributed by atoms with Gasteiger partial charge in [0.15, 0.2) is 0 Å². The average Bonchev–Trinajstić information content (AvgIpc) is 2.77. The molecule has 0 radical (unpaired) electrons. The van der Waals surface area contributed by atoms with E-state index in [0.717, 1.165) is 52.1 Å². The summed E-state index contributed by atoms with van der Waals surface area (Å²) < 4.78 is 16.9. The summed E-state index contributed by atoms with van der Waals surface area (Å²) in [5.74, 6) is 0.516. The van der Waals surface area contributed by atoms with Crippen molar-refractivity contribution < 1.29 is 14.2 Å². The molecule has 0 aromatic heterocycles. The van der Waals surface area contributed by atoms with Crippen LogP contribution in [0.1, 0.15) is 32.6 Å². The zero-order valence-corrected chi connectivity index (χ0v) is 10.8. The van der Waals surface area contributed by atoms with Crippen molar-refractivity contribution >= 4 is 0 Å². The Labute approximate surface area is 104 Å². The summed E-state index contributed by atoms with van der Waals surface area (Å²) in [6.07, 6.45) is 4.16. The van der Waals surface area contributed by atoms with Crippen LogP contribution < -0.4 is 5.73 Å². The van der Waals surface area contributed by atoms with E-state index < -0.39 is 0 Å². The third-order valence-electron chi connectivity index (χ3n) is 3.86. The number of hydrogen-bond donors (Lipinski definition) is 1. The molecular weight excluding hydrogens is 218 g/mol. The van der Waals surface area contributed by atoms with Gasteiger partial charge in [0.05, 0.1) is 18.8 Å². The Morgan fingerprint density at radius 1 is 1.47 bits per heavy atom. The van der Waals surface area contributed by atoms with Gasteiger partial charge < -0.3 is 19.9 Å². The first-order valence-electron chi connectivity index (χ1n) is 6.81. The van der Waals surface area contributed by atoms with E-state index in [0.29, 0.717) is 12.5 Å².